The molecule has 130 valence electrons. The Hall–Kier alpha value is -2.54. The Bertz CT molecular complexity index is 807. The second-order valence-electron chi connectivity index (χ2n) is 5.75. The number of carbonyl (C=O) groups excluding carboxylic acids is 1. The summed E-state index contributed by atoms with van der Waals surface area (Å²) in [6, 6.07) is 12.3. The average molecular weight is 358 g/mol. The molecular formula is C18H18N2O4S. The van der Waals surface area contributed by atoms with Crippen LogP contribution in [0.2, 0.25) is 0 Å². The molecular weight excluding hydrogens is 340 g/mol. The molecule has 1 atom stereocenters. The van der Waals surface area contributed by atoms with Crippen LogP contribution in [0, 0.1) is 10.1 Å². The number of rotatable bonds is 5. The quantitative estimate of drug-likeness (QED) is 0.463. The summed E-state index contributed by atoms with van der Waals surface area (Å²) in [5.74, 6) is 0.784. The van der Waals surface area contributed by atoms with E-state index in [9.17, 15) is 14.9 Å². The minimum Gasteiger partial charge on any atom is -0.497 e. The number of hydrogen-bond acceptors (Lipinski definition) is 5. The Balaban J connectivity index is 1.72. The van der Waals surface area contributed by atoms with Crippen LogP contribution in [0.5, 0.6) is 5.75 Å². The van der Waals surface area contributed by atoms with Crippen molar-refractivity contribution in [3.63, 3.8) is 0 Å². The fourth-order valence-electron chi connectivity index (χ4n) is 2.86. The molecule has 0 saturated carbocycles. The van der Waals surface area contributed by atoms with Crippen LogP contribution < -0.4 is 9.64 Å². The number of nitro groups is 1. The van der Waals surface area contributed by atoms with Crippen LogP contribution >= 0.6 is 11.8 Å². The van der Waals surface area contributed by atoms with Crippen LogP contribution in [0.4, 0.5) is 11.4 Å². The van der Waals surface area contributed by atoms with E-state index in [-0.39, 0.29) is 16.8 Å². The first-order chi connectivity index (χ1) is 12.0. The first-order valence-corrected chi connectivity index (χ1v) is 8.77. The highest BCUT2D eigenvalue weighted by atomic mass is 32.2. The highest BCUT2D eigenvalue weighted by Gasteiger charge is 2.29. The Morgan fingerprint density at radius 1 is 1.28 bits per heavy atom. The molecule has 0 bridgehead atoms. The van der Waals surface area contributed by atoms with E-state index in [1.54, 1.807) is 24.1 Å². The molecule has 2 aromatic rings. The van der Waals surface area contributed by atoms with Gasteiger partial charge in [-0.15, -0.1) is 11.8 Å². The molecule has 0 aliphatic carbocycles. The maximum absolute atomic E-state index is 12.8. The number of anilines is 1. The average Bonchev–Trinajstić information content (AvgIpc) is 3.04. The topological polar surface area (TPSA) is 72.7 Å². The van der Waals surface area contributed by atoms with Gasteiger partial charge in [0.2, 0.25) is 5.91 Å². The van der Waals surface area contributed by atoms with Crippen LogP contribution in [0.3, 0.4) is 0 Å². The predicted molar refractivity (Wildman–Crippen MR) is 97.5 cm³/mol. The van der Waals surface area contributed by atoms with E-state index in [0.29, 0.717) is 13.0 Å². The van der Waals surface area contributed by atoms with Crippen molar-refractivity contribution in [2.45, 2.75) is 23.5 Å². The molecule has 7 heteroatoms. The number of thioether (sulfide) groups is 1. The second kappa shape index (κ2) is 7.14. The largest absolute Gasteiger partial charge is 0.497 e. The van der Waals surface area contributed by atoms with Gasteiger partial charge in [0.25, 0.3) is 5.69 Å². The highest BCUT2D eigenvalue weighted by molar-refractivity contribution is 8.00. The molecule has 0 N–H and O–H groups in total. The van der Waals surface area contributed by atoms with Gasteiger partial charge in [0.05, 0.1) is 17.3 Å². The summed E-state index contributed by atoms with van der Waals surface area (Å²) in [6.45, 7) is 2.43. The van der Waals surface area contributed by atoms with Gasteiger partial charge in [-0.2, -0.15) is 0 Å². The molecule has 1 aliphatic heterocycles. The lowest BCUT2D eigenvalue weighted by Gasteiger charge is -2.21. The molecule has 0 aromatic heterocycles. The zero-order valence-corrected chi connectivity index (χ0v) is 14.8. The van der Waals surface area contributed by atoms with Crippen molar-refractivity contribution < 1.29 is 14.5 Å². The molecule has 1 unspecified atom stereocenters. The first kappa shape index (κ1) is 17.3. The van der Waals surface area contributed by atoms with E-state index in [4.69, 9.17) is 4.74 Å². The molecule has 3 rings (SSSR count). The zero-order chi connectivity index (χ0) is 18.0. The molecule has 6 nitrogen and oxygen atoms in total. The van der Waals surface area contributed by atoms with Crippen LogP contribution in [0.15, 0.2) is 47.4 Å². The fourth-order valence-corrected chi connectivity index (χ4v) is 3.79. The summed E-state index contributed by atoms with van der Waals surface area (Å²) in [5, 5.41) is 10.6. The van der Waals surface area contributed by atoms with E-state index in [1.807, 2.05) is 31.2 Å². The monoisotopic (exact) mass is 358 g/mol. The van der Waals surface area contributed by atoms with Crippen molar-refractivity contribution in [2.75, 3.05) is 18.6 Å². The van der Waals surface area contributed by atoms with Gasteiger partial charge in [-0.1, -0.05) is 0 Å². The van der Waals surface area contributed by atoms with Gasteiger partial charge < -0.3 is 9.64 Å². The lowest BCUT2D eigenvalue weighted by atomic mass is 10.1. The van der Waals surface area contributed by atoms with E-state index in [2.05, 4.69) is 0 Å². The molecule has 0 saturated heterocycles. The number of nitrogens with zero attached hydrogens (tertiary/aromatic N) is 2. The Kier molecular flexibility index (Phi) is 4.94. The van der Waals surface area contributed by atoms with Crippen LogP contribution in [0.1, 0.15) is 12.5 Å². The van der Waals surface area contributed by atoms with Gasteiger partial charge in [0, 0.05) is 29.3 Å². The first-order valence-electron chi connectivity index (χ1n) is 7.89. The maximum Gasteiger partial charge on any atom is 0.269 e. The third kappa shape index (κ3) is 3.61. The second-order valence-corrected chi connectivity index (χ2v) is 7.16. The summed E-state index contributed by atoms with van der Waals surface area (Å²) in [5.41, 5.74) is 1.69. The lowest BCUT2D eigenvalue weighted by molar-refractivity contribution is -0.384. The third-order valence-electron chi connectivity index (χ3n) is 4.16. The number of benzene rings is 2. The molecule has 25 heavy (non-hydrogen) atoms. The van der Waals surface area contributed by atoms with Crippen molar-refractivity contribution >= 4 is 29.0 Å². The lowest BCUT2D eigenvalue weighted by Crippen LogP contribution is -2.35. The number of nitro benzene ring substituents is 1. The van der Waals surface area contributed by atoms with Gasteiger partial charge >= 0.3 is 0 Å². The Morgan fingerprint density at radius 2 is 2.00 bits per heavy atom. The van der Waals surface area contributed by atoms with Gasteiger partial charge in [-0.05, 0) is 49.2 Å². The number of methoxy groups -OCH3 is 1. The normalized spacial score (nSPS) is 14.1. The Morgan fingerprint density at radius 3 is 2.64 bits per heavy atom. The molecule has 1 amide bonds. The summed E-state index contributed by atoms with van der Waals surface area (Å²) in [4.78, 5) is 26.0. The summed E-state index contributed by atoms with van der Waals surface area (Å²) < 4.78 is 5.14. The highest BCUT2D eigenvalue weighted by Crippen LogP contribution is 2.34. The molecule has 2 aromatic carbocycles. The predicted octanol–water partition coefficient (Wildman–Crippen LogP) is 3.67. The molecule has 0 radical (unpaired) electrons. The third-order valence-corrected chi connectivity index (χ3v) is 5.26. The van der Waals surface area contributed by atoms with Crippen molar-refractivity contribution in [2.24, 2.45) is 0 Å². The Labute approximate surface area is 149 Å². The van der Waals surface area contributed by atoms with E-state index >= 15 is 0 Å². The molecule has 1 aliphatic rings. The SMILES string of the molecule is COc1ccc(SC(C)C(=O)N2CCc3cc([N+](=O)[O-])ccc32)cc1. The van der Waals surface area contributed by atoms with Crippen molar-refractivity contribution in [3.8, 4) is 5.75 Å². The summed E-state index contributed by atoms with van der Waals surface area (Å²) >= 11 is 1.49. The van der Waals surface area contributed by atoms with E-state index in [0.717, 1.165) is 21.9 Å². The fraction of sp³-hybridized carbons (Fsp3) is 0.278. The summed E-state index contributed by atoms with van der Waals surface area (Å²) in [6.07, 6.45) is 0.642. The standard InChI is InChI=1S/C18H18N2O4S/c1-12(25-16-6-4-15(24-2)5-7-16)18(21)19-10-9-13-11-14(20(22)23)3-8-17(13)19/h3-8,11-12H,9-10H2,1-2H3. The summed E-state index contributed by atoms with van der Waals surface area (Å²) in [7, 11) is 1.61. The van der Waals surface area contributed by atoms with Crippen molar-refractivity contribution in [1.82, 2.24) is 0 Å². The van der Waals surface area contributed by atoms with Gasteiger partial charge in [-0.25, -0.2) is 0 Å². The van der Waals surface area contributed by atoms with Crippen LogP contribution in [-0.2, 0) is 11.2 Å². The van der Waals surface area contributed by atoms with E-state index in [1.165, 1.54) is 17.8 Å². The van der Waals surface area contributed by atoms with Gasteiger partial charge in [0.1, 0.15) is 5.75 Å². The number of fused-ring (bicyclic) bond motifs is 1. The van der Waals surface area contributed by atoms with Crippen molar-refractivity contribution in [1.29, 1.82) is 0 Å². The number of non-ortho nitro benzene ring substituents is 1. The maximum atomic E-state index is 12.8. The minimum atomic E-state index is -0.410. The number of carbonyl (C=O) groups is 1. The zero-order valence-electron chi connectivity index (χ0n) is 14.0. The van der Waals surface area contributed by atoms with E-state index < -0.39 is 4.92 Å². The molecule has 0 spiro atoms. The van der Waals surface area contributed by atoms with Gasteiger partial charge in [0.15, 0.2) is 0 Å². The molecule has 1 heterocycles. The number of ether oxygens (including phenoxy) is 1. The van der Waals surface area contributed by atoms with Crippen molar-refractivity contribution in [3.05, 3.63) is 58.1 Å². The van der Waals surface area contributed by atoms with Crippen LogP contribution in [-0.4, -0.2) is 29.7 Å². The number of amides is 1. The van der Waals surface area contributed by atoms with Gasteiger partial charge in [-0.3, -0.25) is 14.9 Å². The molecule has 0 fully saturated rings. The minimum absolute atomic E-state index is 0.00780. The number of hydrogen-bond donors (Lipinski definition) is 0. The smallest absolute Gasteiger partial charge is 0.269 e. The van der Waals surface area contributed by atoms with Crippen LogP contribution in [0.25, 0.3) is 0 Å².